The first-order valence-corrected chi connectivity index (χ1v) is 8.01. The van der Waals surface area contributed by atoms with E-state index in [9.17, 15) is 9.18 Å². The number of nitrogens with one attached hydrogen (secondary N) is 2. The molecule has 2 aromatic carbocycles. The van der Waals surface area contributed by atoms with Crippen molar-refractivity contribution in [3.63, 3.8) is 0 Å². The van der Waals surface area contributed by atoms with Crippen molar-refractivity contribution in [3.05, 3.63) is 63.9 Å². The summed E-state index contributed by atoms with van der Waals surface area (Å²) >= 11 is 3.23. The van der Waals surface area contributed by atoms with E-state index < -0.39 is 5.41 Å². The number of carbonyl (C=O) groups is 1. The Morgan fingerprint density at radius 3 is 2.86 bits per heavy atom. The summed E-state index contributed by atoms with van der Waals surface area (Å²) in [6.45, 7) is 0.751. The second-order valence-corrected chi connectivity index (χ2v) is 6.64. The Morgan fingerprint density at radius 2 is 2.05 bits per heavy atom. The van der Waals surface area contributed by atoms with E-state index in [0.29, 0.717) is 4.47 Å². The molecule has 112 valence electrons. The average molecular weight is 361 g/mol. The maximum absolute atomic E-state index is 13.5. The van der Waals surface area contributed by atoms with E-state index >= 15 is 0 Å². The van der Waals surface area contributed by atoms with Crippen LogP contribution < -0.4 is 10.6 Å². The third-order valence-corrected chi connectivity index (χ3v) is 5.31. The summed E-state index contributed by atoms with van der Waals surface area (Å²) in [4.78, 5) is 12.8. The minimum absolute atomic E-state index is 0.0177. The molecule has 2 aliphatic rings. The maximum atomic E-state index is 13.5. The predicted molar refractivity (Wildman–Crippen MR) is 86.2 cm³/mol. The molecule has 0 aliphatic carbocycles. The molecule has 0 saturated carbocycles. The van der Waals surface area contributed by atoms with Gasteiger partial charge in [0.25, 0.3) is 0 Å². The fraction of sp³-hybridized carbons (Fsp3) is 0.235. The molecule has 2 N–H and O–H groups in total. The van der Waals surface area contributed by atoms with Crippen molar-refractivity contribution in [1.29, 1.82) is 0 Å². The quantitative estimate of drug-likeness (QED) is 0.816. The highest BCUT2D eigenvalue weighted by Gasteiger charge is 2.55. The van der Waals surface area contributed by atoms with Crippen LogP contribution in [0.3, 0.4) is 0 Å². The fourth-order valence-corrected chi connectivity index (χ4v) is 4.10. The molecule has 0 radical (unpaired) electrons. The van der Waals surface area contributed by atoms with Gasteiger partial charge < -0.3 is 10.6 Å². The van der Waals surface area contributed by atoms with Crippen molar-refractivity contribution >= 4 is 27.5 Å². The highest BCUT2D eigenvalue weighted by molar-refractivity contribution is 9.10. The number of hydrogen-bond donors (Lipinski definition) is 2. The molecule has 22 heavy (non-hydrogen) atoms. The molecule has 2 atom stereocenters. The zero-order valence-electron chi connectivity index (χ0n) is 11.7. The molecular weight excluding hydrogens is 347 g/mol. The van der Waals surface area contributed by atoms with Crippen molar-refractivity contribution < 1.29 is 9.18 Å². The Hall–Kier alpha value is -1.72. The Kier molecular flexibility index (Phi) is 3.09. The first kappa shape index (κ1) is 13.9. The SMILES string of the molecule is O=C1Nc2ccccc2[C@]12CCN[C@@H]2c1ccc(F)c(Br)c1. The molecular formula is C17H14BrFN2O. The van der Waals surface area contributed by atoms with Gasteiger partial charge in [0.2, 0.25) is 5.91 Å². The fourth-order valence-electron chi connectivity index (χ4n) is 3.70. The van der Waals surface area contributed by atoms with E-state index in [-0.39, 0.29) is 17.8 Å². The molecule has 2 aliphatic heterocycles. The first-order chi connectivity index (χ1) is 10.6. The van der Waals surface area contributed by atoms with E-state index in [2.05, 4.69) is 26.6 Å². The lowest BCUT2D eigenvalue weighted by Crippen LogP contribution is -2.39. The van der Waals surface area contributed by atoms with E-state index in [4.69, 9.17) is 0 Å². The van der Waals surface area contributed by atoms with Gasteiger partial charge in [-0.3, -0.25) is 4.79 Å². The van der Waals surface area contributed by atoms with E-state index in [1.165, 1.54) is 6.07 Å². The van der Waals surface area contributed by atoms with Gasteiger partial charge in [-0.25, -0.2) is 4.39 Å². The highest BCUT2D eigenvalue weighted by atomic mass is 79.9. The highest BCUT2D eigenvalue weighted by Crippen LogP contribution is 2.51. The molecule has 0 bridgehead atoms. The maximum Gasteiger partial charge on any atom is 0.237 e. The average Bonchev–Trinajstić information content (AvgIpc) is 3.07. The van der Waals surface area contributed by atoms with Gasteiger partial charge in [0.05, 0.1) is 15.9 Å². The van der Waals surface area contributed by atoms with Crippen LogP contribution in [0.25, 0.3) is 0 Å². The van der Waals surface area contributed by atoms with Gasteiger partial charge in [0, 0.05) is 5.69 Å². The third-order valence-electron chi connectivity index (χ3n) is 4.70. The summed E-state index contributed by atoms with van der Waals surface area (Å²) < 4.78 is 13.9. The lowest BCUT2D eigenvalue weighted by atomic mass is 9.73. The predicted octanol–water partition coefficient (Wildman–Crippen LogP) is 3.51. The van der Waals surface area contributed by atoms with Crippen LogP contribution in [-0.2, 0) is 10.2 Å². The summed E-state index contributed by atoms with van der Waals surface area (Å²) in [6.07, 6.45) is 0.732. The number of para-hydroxylation sites is 1. The van der Waals surface area contributed by atoms with Gasteiger partial charge in [0.1, 0.15) is 5.82 Å². The summed E-state index contributed by atoms with van der Waals surface area (Å²) in [5, 5.41) is 6.41. The van der Waals surface area contributed by atoms with Crippen molar-refractivity contribution in [1.82, 2.24) is 5.32 Å². The van der Waals surface area contributed by atoms with Crippen LogP contribution in [0, 0.1) is 5.82 Å². The van der Waals surface area contributed by atoms with Gasteiger partial charge in [-0.1, -0.05) is 24.3 Å². The lowest BCUT2D eigenvalue weighted by Gasteiger charge is -2.29. The molecule has 1 fully saturated rings. The summed E-state index contributed by atoms with van der Waals surface area (Å²) in [6, 6.07) is 12.6. The minimum Gasteiger partial charge on any atom is -0.325 e. The monoisotopic (exact) mass is 360 g/mol. The lowest BCUT2D eigenvalue weighted by molar-refractivity contribution is -0.121. The van der Waals surface area contributed by atoms with Crippen LogP contribution in [0.15, 0.2) is 46.9 Å². The number of hydrogen-bond acceptors (Lipinski definition) is 2. The Morgan fingerprint density at radius 1 is 1.23 bits per heavy atom. The molecule has 0 aromatic heterocycles. The number of rotatable bonds is 1. The Labute approximate surface area is 136 Å². The van der Waals surface area contributed by atoms with Crippen LogP contribution in [0.1, 0.15) is 23.6 Å². The van der Waals surface area contributed by atoms with Crippen molar-refractivity contribution in [2.24, 2.45) is 0 Å². The van der Waals surface area contributed by atoms with Gasteiger partial charge in [-0.2, -0.15) is 0 Å². The van der Waals surface area contributed by atoms with Gasteiger partial charge in [-0.15, -0.1) is 0 Å². The topological polar surface area (TPSA) is 41.1 Å². The van der Waals surface area contributed by atoms with E-state index in [1.54, 1.807) is 12.1 Å². The normalized spacial score (nSPS) is 26.3. The molecule has 2 aromatic rings. The van der Waals surface area contributed by atoms with Crippen LogP contribution in [-0.4, -0.2) is 12.5 Å². The van der Waals surface area contributed by atoms with Crippen LogP contribution in [0.5, 0.6) is 0 Å². The second kappa shape index (κ2) is 4.89. The van der Waals surface area contributed by atoms with E-state index in [0.717, 1.165) is 29.8 Å². The molecule has 3 nitrogen and oxygen atoms in total. The van der Waals surface area contributed by atoms with Crippen LogP contribution in [0.4, 0.5) is 10.1 Å². The van der Waals surface area contributed by atoms with Gasteiger partial charge >= 0.3 is 0 Å². The first-order valence-electron chi connectivity index (χ1n) is 7.22. The molecule has 0 unspecified atom stereocenters. The number of halogens is 2. The standard InChI is InChI=1S/C17H14BrFN2O/c18-12-9-10(5-6-13(12)19)15-17(7-8-20-15)11-3-1-2-4-14(11)21-16(17)22/h1-6,9,15,20H,7-8H2,(H,21,22)/t15-,17+/m1/s1. The molecule has 1 amide bonds. The summed E-state index contributed by atoms with van der Waals surface area (Å²) in [7, 11) is 0. The largest absolute Gasteiger partial charge is 0.325 e. The van der Waals surface area contributed by atoms with Crippen molar-refractivity contribution in [2.75, 3.05) is 11.9 Å². The van der Waals surface area contributed by atoms with Crippen molar-refractivity contribution in [2.45, 2.75) is 17.9 Å². The number of amides is 1. The molecule has 1 spiro atoms. The zero-order chi connectivity index (χ0) is 15.3. The Balaban J connectivity index is 1.87. The number of anilines is 1. The van der Waals surface area contributed by atoms with Crippen LogP contribution >= 0.6 is 15.9 Å². The molecule has 5 heteroatoms. The molecule has 1 saturated heterocycles. The van der Waals surface area contributed by atoms with Crippen molar-refractivity contribution in [3.8, 4) is 0 Å². The second-order valence-electron chi connectivity index (χ2n) is 5.78. The van der Waals surface area contributed by atoms with Gasteiger partial charge in [-0.05, 0) is 58.2 Å². The summed E-state index contributed by atoms with van der Waals surface area (Å²) in [5.41, 5.74) is 2.20. The van der Waals surface area contributed by atoms with Gasteiger partial charge in [0.15, 0.2) is 0 Å². The zero-order valence-corrected chi connectivity index (χ0v) is 13.3. The minimum atomic E-state index is -0.617. The molecule has 2 heterocycles. The van der Waals surface area contributed by atoms with E-state index in [1.807, 2.05) is 24.3 Å². The third kappa shape index (κ3) is 1.79. The number of benzene rings is 2. The summed E-state index contributed by atoms with van der Waals surface area (Å²) in [5.74, 6) is -0.281. The number of fused-ring (bicyclic) bond motifs is 2. The Bertz CT molecular complexity index is 779. The number of carbonyl (C=O) groups excluding carboxylic acids is 1. The smallest absolute Gasteiger partial charge is 0.237 e. The van der Waals surface area contributed by atoms with Crippen LogP contribution in [0.2, 0.25) is 0 Å². The molecule has 4 rings (SSSR count).